The van der Waals surface area contributed by atoms with Crippen molar-refractivity contribution in [3.63, 3.8) is 0 Å². The number of pyridine rings is 1. The summed E-state index contributed by atoms with van der Waals surface area (Å²) in [5.41, 5.74) is 6.69. The molecule has 0 aliphatic carbocycles. The molecule has 6 nitrogen and oxygen atoms in total. The van der Waals surface area contributed by atoms with Crippen LogP contribution in [0.1, 0.15) is 27.0 Å². The van der Waals surface area contributed by atoms with E-state index in [1.165, 1.54) is 4.90 Å². The van der Waals surface area contributed by atoms with Crippen LogP contribution in [0.4, 0.5) is 5.69 Å². The van der Waals surface area contributed by atoms with Crippen LogP contribution in [0.25, 0.3) is 22.2 Å². The van der Waals surface area contributed by atoms with Crippen molar-refractivity contribution >= 4 is 28.4 Å². The Morgan fingerprint density at radius 2 is 1.60 bits per heavy atom. The number of nitrogens with zero attached hydrogens (tertiary/aromatic N) is 2. The van der Waals surface area contributed by atoms with Crippen LogP contribution < -0.4 is 10.1 Å². The van der Waals surface area contributed by atoms with Crippen LogP contribution >= 0.6 is 0 Å². The van der Waals surface area contributed by atoms with E-state index in [4.69, 9.17) is 9.72 Å². The largest absolute Gasteiger partial charge is 0.497 e. The lowest BCUT2D eigenvalue weighted by Crippen LogP contribution is -2.35. The Labute approximate surface area is 205 Å². The number of nitrogens with one attached hydrogen (secondary N) is 1. The van der Waals surface area contributed by atoms with Gasteiger partial charge in [0, 0.05) is 23.7 Å². The highest BCUT2D eigenvalue weighted by molar-refractivity contribution is 6.08. The van der Waals surface area contributed by atoms with Crippen molar-refractivity contribution in [3.8, 4) is 17.0 Å². The van der Waals surface area contributed by atoms with Crippen LogP contribution in [-0.2, 0) is 4.79 Å². The number of carbonyl (C=O) groups excluding carboxylic acids is 2. The van der Waals surface area contributed by atoms with Gasteiger partial charge in [0.25, 0.3) is 5.91 Å². The molecule has 0 bridgehead atoms. The van der Waals surface area contributed by atoms with E-state index in [1.54, 1.807) is 20.2 Å². The molecule has 0 unspecified atom stereocenters. The number of carbonyl (C=O) groups is 2. The van der Waals surface area contributed by atoms with Crippen LogP contribution in [0.3, 0.4) is 0 Å². The van der Waals surface area contributed by atoms with Crippen molar-refractivity contribution in [2.24, 2.45) is 0 Å². The maximum Gasteiger partial charge on any atom is 0.254 e. The molecule has 35 heavy (non-hydrogen) atoms. The Kier molecular flexibility index (Phi) is 6.82. The van der Waals surface area contributed by atoms with Crippen molar-refractivity contribution in [3.05, 3.63) is 89.0 Å². The fraction of sp³-hybridized carbons (Fsp3) is 0.207. The molecule has 0 saturated heterocycles. The maximum absolute atomic E-state index is 13.5. The van der Waals surface area contributed by atoms with Gasteiger partial charge in [-0.15, -0.1) is 0 Å². The number of aryl methyl sites for hydroxylation is 3. The summed E-state index contributed by atoms with van der Waals surface area (Å²) in [6, 6.07) is 20.9. The Hall–Kier alpha value is -4.19. The van der Waals surface area contributed by atoms with Crippen LogP contribution in [0, 0.1) is 20.8 Å². The molecule has 1 heterocycles. The molecule has 0 aliphatic heterocycles. The number of methoxy groups -OCH3 is 1. The average Bonchev–Trinajstić information content (AvgIpc) is 2.85. The van der Waals surface area contributed by atoms with E-state index in [0.29, 0.717) is 16.8 Å². The number of rotatable bonds is 6. The number of aromatic nitrogens is 1. The normalized spacial score (nSPS) is 10.8. The van der Waals surface area contributed by atoms with Gasteiger partial charge in [-0.1, -0.05) is 35.9 Å². The molecule has 0 saturated carbocycles. The molecule has 178 valence electrons. The van der Waals surface area contributed by atoms with Crippen molar-refractivity contribution in [2.45, 2.75) is 20.8 Å². The molecule has 4 aromatic rings. The van der Waals surface area contributed by atoms with Gasteiger partial charge in [-0.25, -0.2) is 4.98 Å². The van der Waals surface area contributed by atoms with Gasteiger partial charge in [0.1, 0.15) is 5.75 Å². The molecule has 0 spiro atoms. The molecular formula is C29H29N3O3. The molecule has 4 rings (SSSR count). The molecular weight excluding hydrogens is 438 g/mol. The highest BCUT2D eigenvalue weighted by atomic mass is 16.5. The van der Waals surface area contributed by atoms with E-state index in [1.807, 2.05) is 81.4 Å². The summed E-state index contributed by atoms with van der Waals surface area (Å²) in [5, 5.41) is 3.71. The lowest BCUT2D eigenvalue weighted by Gasteiger charge is -2.20. The number of anilines is 1. The second-order valence-corrected chi connectivity index (χ2v) is 8.78. The summed E-state index contributed by atoms with van der Waals surface area (Å²) in [7, 11) is 3.26. The van der Waals surface area contributed by atoms with Crippen LogP contribution in [0.15, 0.2) is 66.7 Å². The summed E-state index contributed by atoms with van der Waals surface area (Å²) >= 11 is 0. The zero-order valence-corrected chi connectivity index (χ0v) is 20.7. The molecule has 0 fully saturated rings. The number of hydrogen-bond donors (Lipinski definition) is 1. The number of hydrogen-bond acceptors (Lipinski definition) is 4. The first kappa shape index (κ1) is 24.0. The monoisotopic (exact) mass is 467 g/mol. The van der Waals surface area contributed by atoms with E-state index in [-0.39, 0.29) is 18.4 Å². The van der Waals surface area contributed by atoms with E-state index in [0.717, 1.165) is 39.1 Å². The maximum atomic E-state index is 13.5. The number of likely N-dealkylation sites (N-methyl/N-ethyl adjacent to an activating group) is 1. The van der Waals surface area contributed by atoms with Gasteiger partial charge in [-0.3, -0.25) is 9.59 Å². The van der Waals surface area contributed by atoms with E-state index >= 15 is 0 Å². The molecule has 0 atom stereocenters. The smallest absolute Gasteiger partial charge is 0.254 e. The number of amides is 2. The SMILES string of the molecule is COc1ccc(-c2cc(C(=O)N(C)CC(=O)Nc3c(C)cc(C)cc3C)c3ccccc3n2)cc1. The van der Waals surface area contributed by atoms with Crippen LogP contribution in [0.5, 0.6) is 5.75 Å². The number of para-hydroxylation sites is 1. The molecule has 0 radical (unpaired) electrons. The van der Waals surface area contributed by atoms with Gasteiger partial charge >= 0.3 is 0 Å². The zero-order chi connectivity index (χ0) is 25.1. The second-order valence-electron chi connectivity index (χ2n) is 8.78. The topological polar surface area (TPSA) is 71.5 Å². The number of ether oxygens (including phenoxy) is 1. The predicted molar refractivity (Wildman–Crippen MR) is 140 cm³/mol. The minimum atomic E-state index is -0.246. The van der Waals surface area contributed by atoms with E-state index in [2.05, 4.69) is 5.32 Å². The van der Waals surface area contributed by atoms with Crippen molar-refractivity contribution < 1.29 is 14.3 Å². The van der Waals surface area contributed by atoms with Gasteiger partial charge in [0.15, 0.2) is 0 Å². The first-order valence-electron chi connectivity index (χ1n) is 11.4. The first-order valence-corrected chi connectivity index (χ1v) is 11.4. The Bertz CT molecular complexity index is 1390. The third-order valence-electron chi connectivity index (χ3n) is 6.00. The molecule has 6 heteroatoms. The van der Waals surface area contributed by atoms with Crippen LogP contribution in [0.2, 0.25) is 0 Å². The summed E-state index contributed by atoms with van der Waals surface area (Å²) in [6.07, 6.45) is 0. The first-order chi connectivity index (χ1) is 16.8. The lowest BCUT2D eigenvalue weighted by molar-refractivity contribution is -0.116. The predicted octanol–water partition coefficient (Wildman–Crippen LogP) is 5.55. The Morgan fingerprint density at radius 3 is 2.26 bits per heavy atom. The van der Waals surface area contributed by atoms with Crippen molar-refractivity contribution in [1.82, 2.24) is 9.88 Å². The highest BCUT2D eigenvalue weighted by Gasteiger charge is 2.20. The minimum absolute atomic E-state index is 0.0693. The third-order valence-corrected chi connectivity index (χ3v) is 6.00. The summed E-state index contributed by atoms with van der Waals surface area (Å²) in [6.45, 7) is 5.89. The van der Waals surface area contributed by atoms with E-state index < -0.39 is 0 Å². The van der Waals surface area contributed by atoms with Gasteiger partial charge in [0.05, 0.1) is 30.4 Å². The Balaban J connectivity index is 1.61. The van der Waals surface area contributed by atoms with Gasteiger partial charge in [-0.05, 0) is 68.3 Å². The van der Waals surface area contributed by atoms with Crippen molar-refractivity contribution in [2.75, 3.05) is 26.0 Å². The highest BCUT2D eigenvalue weighted by Crippen LogP contribution is 2.27. The van der Waals surface area contributed by atoms with Gasteiger partial charge in [-0.2, -0.15) is 0 Å². The fourth-order valence-corrected chi connectivity index (χ4v) is 4.31. The standard InChI is InChI=1S/C29H29N3O3/c1-18-14-19(2)28(20(3)15-18)31-27(33)17-32(4)29(34)24-16-26(21-10-12-22(35-5)13-11-21)30-25-9-7-6-8-23(24)25/h6-16H,17H2,1-5H3,(H,31,33). The van der Waals surface area contributed by atoms with Crippen LogP contribution in [-0.4, -0.2) is 42.4 Å². The zero-order valence-electron chi connectivity index (χ0n) is 20.7. The number of fused-ring (bicyclic) bond motifs is 1. The summed E-state index contributed by atoms with van der Waals surface area (Å²) < 4.78 is 5.25. The fourth-order valence-electron chi connectivity index (χ4n) is 4.31. The quantitative estimate of drug-likeness (QED) is 0.404. The summed E-state index contributed by atoms with van der Waals surface area (Å²) in [5.74, 6) is 0.256. The van der Waals surface area contributed by atoms with Gasteiger partial charge < -0.3 is 15.0 Å². The van der Waals surface area contributed by atoms with Crippen molar-refractivity contribution in [1.29, 1.82) is 0 Å². The molecule has 1 aromatic heterocycles. The molecule has 2 amide bonds. The molecule has 1 N–H and O–H groups in total. The second kappa shape index (κ2) is 9.97. The Morgan fingerprint density at radius 1 is 0.943 bits per heavy atom. The minimum Gasteiger partial charge on any atom is -0.497 e. The number of benzene rings is 3. The van der Waals surface area contributed by atoms with E-state index in [9.17, 15) is 9.59 Å². The molecule has 0 aliphatic rings. The van der Waals surface area contributed by atoms with Gasteiger partial charge in [0.2, 0.25) is 5.91 Å². The molecule has 3 aromatic carbocycles. The third kappa shape index (κ3) is 5.17. The lowest BCUT2D eigenvalue weighted by atomic mass is 10.0. The summed E-state index contributed by atoms with van der Waals surface area (Å²) in [4.78, 5) is 32.5. The average molecular weight is 468 g/mol.